The number of esters is 1. The van der Waals surface area contributed by atoms with Gasteiger partial charge in [-0.05, 0) is 37.6 Å². The first kappa shape index (κ1) is 21.3. The van der Waals surface area contributed by atoms with Gasteiger partial charge in [-0.3, -0.25) is 10.1 Å². The van der Waals surface area contributed by atoms with Crippen LogP contribution in [0.15, 0.2) is 18.2 Å². The quantitative estimate of drug-likeness (QED) is 0.542. The molecule has 0 radical (unpaired) electrons. The van der Waals surface area contributed by atoms with Crippen LogP contribution in [0.5, 0.6) is 11.5 Å². The second kappa shape index (κ2) is 11.0. The lowest BCUT2D eigenvalue weighted by atomic mass is 10.2. The summed E-state index contributed by atoms with van der Waals surface area (Å²) in [4.78, 5) is 34.1. The Morgan fingerprint density at radius 1 is 1.15 bits per heavy atom. The van der Waals surface area contributed by atoms with Crippen molar-refractivity contribution in [2.45, 2.75) is 13.8 Å². The lowest BCUT2D eigenvalue weighted by Gasteiger charge is -2.11. The zero-order chi connectivity index (χ0) is 19.5. The van der Waals surface area contributed by atoms with Gasteiger partial charge in [-0.2, -0.15) is 0 Å². The largest absolute Gasteiger partial charge is 0.491 e. The normalized spacial score (nSPS) is 10.3. The van der Waals surface area contributed by atoms with Crippen LogP contribution in [0, 0.1) is 0 Å². The van der Waals surface area contributed by atoms with Crippen LogP contribution in [-0.2, 0) is 19.1 Å². The van der Waals surface area contributed by atoms with Crippen molar-refractivity contribution in [3.05, 3.63) is 28.8 Å². The van der Waals surface area contributed by atoms with Crippen LogP contribution in [0.1, 0.15) is 19.4 Å². The Hall–Kier alpha value is -2.74. The third kappa shape index (κ3) is 7.02. The number of imide groups is 1. The van der Waals surface area contributed by atoms with E-state index < -0.39 is 24.6 Å². The molecular weight excluding hydrogens is 366 g/mol. The first-order valence-electron chi connectivity index (χ1n) is 7.73. The summed E-state index contributed by atoms with van der Waals surface area (Å²) >= 11 is 6.11. The lowest BCUT2D eigenvalue weighted by Crippen LogP contribution is -2.34. The van der Waals surface area contributed by atoms with Gasteiger partial charge in [0, 0.05) is 6.08 Å². The number of alkyl carbamates (subject to hydrolysis) is 1. The van der Waals surface area contributed by atoms with Gasteiger partial charge >= 0.3 is 12.1 Å². The summed E-state index contributed by atoms with van der Waals surface area (Å²) in [6, 6.07) is 3.23. The number of hydrogen-bond acceptors (Lipinski definition) is 7. The molecule has 0 atom stereocenters. The van der Waals surface area contributed by atoms with E-state index in [1.165, 1.54) is 13.2 Å². The molecule has 1 aromatic carbocycles. The molecule has 0 aromatic heterocycles. The van der Waals surface area contributed by atoms with Crippen molar-refractivity contribution < 1.29 is 33.3 Å². The van der Waals surface area contributed by atoms with E-state index in [0.29, 0.717) is 28.7 Å². The van der Waals surface area contributed by atoms with Gasteiger partial charge in [0.15, 0.2) is 18.1 Å². The van der Waals surface area contributed by atoms with E-state index in [9.17, 15) is 14.4 Å². The molecule has 1 aromatic rings. The Kier molecular flexibility index (Phi) is 9.00. The monoisotopic (exact) mass is 385 g/mol. The van der Waals surface area contributed by atoms with Crippen molar-refractivity contribution in [2.75, 3.05) is 26.9 Å². The maximum Gasteiger partial charge on any atom is 0.413 e. The first-order valence-corrected chi connectivity index (χ1v) is 8.10. The highest BCUT2D eigenvalue weighted by Crippen LogP contribution is 2.36. The van der Waals surface area contributed by atoms with Gasteiger partial charge in [-0.1, -0.05) is 11.6 Å². The van der Waals surface area contributed by atoms with Crippen molar-refractivity contribution >= 4 is 35.6 Å². The fraction of sp³-hybridized carbons (Fsp3) is 0.353. The van der Waals surface area contributed by atoms with Crippen LogP contribution >= 0.6 is 11.6 Å². The van der Waals surface area contributed by atoms with E-state index in [-0.39, 0.29) is 6.61 Å². The number of carbonyl (C=O) groups excluding carboxylic acids is 3. The molecule has 2 amide bonds. The van der Waals surface area contributed by atoms with Gasteiger partial charge in [0.25, 0.3) is 5.91 Å². The molecule has 0 fully saturated rings. The van der Waals surface area contributed by atoms with Gasteiger partial charge < -0.3 is 18.9 Å². The van der Waals surface area contributed by atoms with E-state index in [0.717, 1.165) is 6.08 Å². The Labute approximate surface area is 156 Å². The predicted molar refractivity (Wildman–Crippen MR) is 94.3 cm³/mol. The van der Waals surface area contributed by atoms with E-state index >= 15 is 0 Å². The summed E-state index contributed by atoms with van der Waals surface area (Å²) < 4.78 is 19.9. The van der Waals surface area contributed by atoms with Gasteiger partial charge in [0.2, 0.25) is 0 Å². The summed E-state index contributed by atoms with van der Waals surface area (Å²) in [6.45, 7) is 3.33. The first-order chi connectivity index (χ1) is 12.4. The molecule has 9 heteroatoms. The number of amides is 2. The fourth-order valence-electron chi connectivity index (χ4n) is 1.81. The number of hydrogen-bond donors (Lipinski definition) is 1. The van der Waals surface area contributed by atoms with E-state index in [1.54, 1.807) is 19.1 Å². The Balaban J connectivity index is 2.65. The molecule has 0 saturated carbocycles. The standard InChI is InChI=1S/C17H20ClNO7/c1-4-24-13-9-11(8-12(18)16(13)23-3)6-7-15(21)26-10-14(20)19-17(22)25-5-2/h6-9H,4-5,10H2,1-3H3,(H,19,20,22)/b7-6+. The second-order valence-electron chi connectivity index (χ2n) is 4.68. The molecule has 142 valence electrons. The number of methoxy groups -OCH3 is 1. The number of halogens is 1. The van der Waals surface area contributed by atoms with Crippen molar-refractivity contribution in [1.82, 2.24) is 5.32 Å². The zero-order valence-electron chi connectivity index (χ0n) is 14.7. The Morgan fingerprint density at radius 2 is 1.88 bits per heavy atom. The minimum Gasteiger partial charge on any atom is -0.491 e. The summed E-state index contributed by atoms with van der Waals surface area (Å²) in [5.41, 5.74) is 0.576. The van der Waals surface area contributed by atoms with E-state index in [4.69, 9.17) is 25.8 Å². The average Bonchev–Trinajstić information content (AvgIpc) is 2.58. The SMILES string of the molecule is CCOC(=O)NC(=O)COC(=O)/C=C/c1cc(Cl)c(OC)c(OCC)c1. The second-order valence-corrected chi connectivity index (χ2v) is 5.08. The van der Waals surface area contributed by atoms with Crippen LogP contribution in [0.3, 0.4) is 0 Å². The third-order valence-corrected chi connectivity index (χ3v) is 3.09. The molecule has 26 heavy (non-hydrogen) atoms. The molecule has 0 spiro atoms. The van der Waals surface area contributed by atoms with Crippen LogP contribution in [-0.4, -0.2) is 44.9 Å². The molecule has 1 N–H and O–H groups in total. The minimum atomic E-state index is -0.902. The molecule has 1 rings (SSSR count). The average molecular weight is 386 g/mol. The topological polar surface area (TPSA) is 100 Å². The maximum absolute atomic E-state index is 11.7. The minimum absolute atomic E-state index is 0.121. The van der Waals surface area contributed by atoms with Crippen molar-refractivity contribution in [1.29, 1.82) is 0 Å². The smallest absolute Gasteiger partial charge is 0.413 e. The summed E-state index contributed by atoms with van der Waals surface area (Å²) in [7, 11) is 1.47. The van der Waals surface area contributed by atoms with Gasteiger partial charge in [0.1, 0.15) is 0 Å². The Morgan fingerprint density at radius 3 is 2.50 bits per heavy atom. The number of ether oxygens (including phenoxy) is 4. The van der Waals surface area contributed by atoms with Gasteiger partial charge in [-0.15, -0.1) is 0 Å². The summed E-state index contributed by atoms with van der Waals surface area (Å²) in [5, 5.41) is 2.22. The van der Waals surface area contributed by atoms with Crippen molar-refractivity contribution in [2.24, 2.45) is 0 Å². The lowest BCUT2D eigenvalue weighted by molar-refractivity contribution is -0.143. The molecule has 0 bridgehead atoms. The number of benzene rings is 1. The molecule has 0 aliphatic rings. The van der Waals surface area contributed by atoms with Gasteiger partial charge in [-0.25, -0.2) is 9.59 Å². The van der Waals surface area contributed by atoms with Crippen LogP contribution in [0.2, 0.25) is 5.02 Å². The number of rotatable bonds is 8. The molecule has 0 saturated heterocycles. The van der Waals surface area contributed by atoms with Crippen LogP contribution < -0.4 is 14.8 Å². The third-order valence-electron chi connectivity index (χ3n) is 2.81. The molecule has 8 nitrogen and oxygen atoms in total. The zero-order valence-corrected chi connectivity index (χ0v) is 15.4. The molecular formula is C17H20ClNO7. The van der Waals surface area contributed by atoms with E-state index in [2.05, 4.69) is 4.74 Å². The summed E-state index contributed by atoms with van der Waals surface area (Å²) in [5.74, 6) is -0.738. The van der Waals surface area contributed by atoms with Crippen LogP contribution in [0.25, 0.3) is 6.08 Å². The highest BCUT2D eigenvalue weighted by atomic mass is 35.5. The fourth-order valence-corrected chi connectivity index (χ4v) is 2.11. The van der Waals surface area contributed by atoms with Gasteiger partial charge in [0.05, 0.1) is 25.3 Å². The summed E-state index contributed by atoms with van der Waals surface area (Å²) in [6.07, 6.45) is 1.66. The number of carbonyl (C=O) groups is 3. The van der Waals surface area contributed by atoms with Crippen LogP contribution in [0.4, 0.5) is 4.79 Å². The Bertz CT molecular complexity index is 688. The van der Waals surface area contributed by atoms with Crippen molar-refractivity contribution in [3.63, 3.8) is 0 Å². The highest BCUT2D eigenvalue weighted by Gasteiger charge is 2.12. The number of nitrogens with one attached hydrogen (secondary N) is 1. The molecule has 0 heterocycles. The molecule has 0 unspecified atom stereocenters. The highest BCUT2D eigenvalue weighted by molar-refractivity contribution is 6.32. The molecule has 0 aliphatic carbocycles. The van der Waals surface area contributed by atoms with E-state index in [1.807, 2.05) is 12.2 Å². The van der Waals surface area contributed by atoms with Crippen molar-refractivity contribution in [3.8, 4) is 11.5 Å². The predicted octanol–water partition coefficient (Wildman–Crippen LogP) is 2.58. The molecule has 0 aliphatic heterocycles. The maximum atomic E-state index is 11.7.